The molecule has 1 spiro atoms. The van der Waals surface area contributed by atoms with Crippen molar-refractivity contribution in [3.63, 3.8) is 0 Å². The van der Waals surface area contributed by atoms with Crippen LogP contribution in [-0.2, 0) is 22.4 Å². The number of nitrogens with zero attached hydrogens (tertiary/aromatic N) is 5. The zero-order valence-electron chi connectivity index (χ0n) is 21.6. The number of carbonyl (C=O) groups is 3. The van der Waals surface area contributed by atoms with E-state index in [1.54, 1.807) is 25.7 Å². The molecule has 11 heteroatoms. The number of nitrogens with one attached hydrogen (secondary N) is 1. The molecule has 10 nitrogen and oxygen atoms in total. The normalized spacial score (nSPS) is 22.9. The third kappa shape index (κ3) is 4.56. The number of carbonyl (C=O) groups excluding carboxylic acids is 3. The Morgan fingerprint density at radius 3 is 2.76 bits per heavy atom. The fourth-order valence-corrected chi connectivity index (χ4v) is 5.69. The molecule has 1 N–H and O–H groups in total. The highest BCUT2D eigenvalue weighted by molar-refractivity contribution is 6.29. The molecule has 0 bridgehead atoms. The molecule has 1 aliphatic carbocycles. The number of piperazine rings is 1. The molecule has 0 radical (unpaired) electrons. The van der Waals surface area contributed by atoms with Gasteiger partial charge in [0, 0.05) is 30.9 Å². The summed E-state index contributed by atoms with van der Waals surface area (Å²) in [5.74, 6) is -0.188. The van der Waals surface area contributed by atoms with Crippen molar-refractivity contribution in [1.29, 1.82) is 5.26 Å². The van der Waals surface area contributed by atoms with E-state index in [1.807, 2.05) is 29.2 Å². The molecule has 1 fully saturated rings. The number of nitriles is 1. The molecular weight excluding hydrogens is 508 g/mol. The zero-order valence-corrected chi connectivity index (χ0v) is 22.3. The number of ether oxygens (including phenoxy) is 1. The van der Waals surface area contributed by atoms with Crippen molar-refractivity contribution in [2.24, 2.45) is 5.41 Å². The molecule has 1 unspecified atom stereocenters. The van der Waals surface area contributed by atoms with Crippen molar-refractivity contribution in [3.05, 3.63) is 46.4 Å². The maximum Gasteiger partial charge on any atom is 0.410 e. The minimum absolute atomic E-state index is 0.0906. The average molecular weight is 537 g/mol. The smallest absolute Gasteiger partial charge is 0.410 e. The number of para-hydroxylation sites is 1. The predicted octanol–water partition coefficient (Wildman–Crippen LogP) is 3.78. The van der Waals surface area contributed by atoms with Gasteiger partial charge in [0.25, 0.3) is 0 Å². The lowest BCUT2D eigenvalue weighted by atomic mass is 9.66. The van der Waals surface area contributed by atoms with E-state index in [-0.39, 0.29) is 29.1 Å². The quantitative estimate of drug-likeness (QED) is 0.453. The fraction of sp³-hybridized carbons (Fsp3) is 0.481. The number of rotatable bonds is 2. The second-order valence-electron chi connectivity index (χ2n) is 11.0. The van der Waals surface area contributed by atoms with Crippen molar-refractivity contribution < 1.29 is 19.1 Å². The molecule has 5 rings (SSSR count). The van der Waals surface area contributed by atoms with Gasteiger partial charge in [0.1, 0.15) is 22.5 Å². The third-order valence-electron chi connectivity index (χ3n) is 7.34. The number of halogens is 1. The Morgan fingerprint density at radius 2 is 2.03 bits per heavy atom. The highest BCUT2D eigenvalue weighted by Crippen LogP contribution is 2.45. The van der Waals surface area contributed by atoms with Crippen molar-refractivity contribution in [2.45, 2.75) is 58.1 Å². The van der Waals surface area contributed by atoms with Crippen molar-refractivity contribution >= 4 is 40.9 Å². The van der Waals surface area contributed by atoms with Crippen LogP contribution in [0.1, 0.15) is 55.2 Å². The van der Waals surface area contributed by atoms with Crippen LogP contribution in [0, 0.1) is 16.7 Å². The molecule has 198 valence electrons. The highest BCUT2D eigenvalue weighted by atomic mass is 35.5. The van der Waals surface area contributed by atoms with E-state index < -0.39 is 23.2 Å². The Kier molecular flexibility index (Phi) is 6.51. The van der Waals surface area contributed by atoms with Gasteiger partial charge >= 0.3 is 6.09 Å². The molecule has 0 saturated carbocycles. The number of fused-ring (bicyclic) bond motifs is 2. The summed E-state index contributed by atoms with van der Waals surface area (Å²) in [5.41, 5.74) is 0.504. The Hall–Kier alpha value is -3.71. The first-order valence-electron chi connectivity index (χ1n) is 12.6. The Balaban J connectivity index is 1.45. The van der Waals surface area contributed by atoms with Crippen LogP contribution in [0.5, 0.6) is 0 Å². The SMILES string of the molecule is CC(C)(C)OC(=O)N1CCN(c2nc(Cl)nc3c2CCC2(Cc4ccccc4NC2=O)C3=O)C[C@@H]1CC#N. The van der Waals surface area contributed by atoms with E-state index in [9.17, 15) is 19.6 Å². The fourth-order valence-electron chi connectivity index (χ4n) is 5.52. The maximum atomic E-state index is 13.9. The molecule has 2 aromatic rings. The lowest BCUT2D eigenvalue weighted by Crippen LogP contribution is -2.56. The number of aromatic nitrogens is 2. The zero-order chi connectivity index (χ0) is 27.2. The van der Waals surface area contributed by atoms with Crippen molar-refractivity contribution in [1.82, 2.24) is 14.9 Å². The van der Waals surface area contributed by atoms with Crippen LogP contribution >= 0.6 is 11.6 Å². The van der Waals surface area contributed by atoms with Gasteiger partial charge in [-0.2, -0.15) is 5.26 Å². The van der Waals surface area contributed by atoms with Crippen LogP contribution in [-0.4, -0.2) is 63.9 Å². The Bertz CT molecular complexity index is 1370. The summed E-state index contributed by atoms with van der Waals surface area (Å²) < 4.78 is 5.55. The number of amides is 2. The molecule has 1 aromatic heterocycles. The third-order valence-corrected chi connectivity index (χ3v) is 7.51. The van der Waals surface area contributed by atoms with Gasteiger partial charge in [-0.3, -0.25) is 9.59 Å². The van der Waals surface area contributed by atoms with Crippen LogP contribution in [0.3, 0.4) is 0 Å². The number of anilines is 2. The summed E-state index contributed by atoms with van der Waals surface area (Å²) in [4.78, 5) is 52.2. The topological polar surface area (TPSA) is 129 Å². The summed E-state index contributed by atoms with van der Waals surface area (Å²) >= 11 is 6.32. The number of hydrogen-bond donors (Lipinski definition) is 1. The molecule has 3 aliphatic rings. The number of Topliss-reactive ketones (excluding diaryl/α,β-unsaturated/α-hetero) is 1. The molecule has 2 aliphatic heterocycles. The molecule has 38 heavy (non-hydrogen) atoms. The first kappa shape index (κ1) is 25.9. The van der Waals surface area contributed by atoms with Crippen molar-refractivity contribution in [2.75, 3.05) is 29.9 Å². The van der Waals surface area contributed by atoms with E-state index in [1.165, 1.54) is 0 Å². The first-order valence-corrected chi connectivity index (χ1v) is 13.0. The lowest BCUT2D eigenvalue weighted by molar-refractivity contribution is -0.124. The van der Waals surface area contributed by atoms with E-state index in [0.29, 0.717) is 50.3 Å². The first-order chi connectivity index (χ1) is 18.0. The number of benzene rings is 1. The van der Waals surface area contributed by atoms with Crippen LogP contribution in [0.4, 0.5) is 16.3 Å². The Labute approximate surface area is 225 Å². The number of hydrogen-bond acceptors (Lipinski definition) is 8. The summed E-state index contributed by atoms with van der Waals surface area (Å²) in [6, 6.07) is 9.19. The summed E-state index contributed by atoms with van der Waals surface area (Å²) in [5, 5.41) is 12.2. The van der Waals surface area contributed by atoms with Gasteiger partial charge in [-0.15, -0.1) is 0 Å². The largest absolute Gasteiger partial charge is 0.444 e. The highest BCUT2D eigenvalue weighted by Gasteiger charge is 2.52. The second kappa shape index (κ2) is 9.55. The van der Waals surface area contributed by atoms with Gasteiger partial charge in [0.15, 0.2) is 5.78 Å². The summed E-state index contributed by atoms with van der Waals surface area (Å²) in [6.45, 7) is 6.43. The van der Waals surface area contributed by atoms with Gasteiger partial charge in [-0.05, 0) is 63.3 Å². The van der Waals surface area contributed by atoms with E-state index >= 15 is 0 Å². The van der Waals surface area contributed by atoms with Crippen LogP contribution < -0.4 is 10.2 Å². The molecule has 1 saturated heterocycles. The molecule has 1 aromatic carbocycles. The van der Waals surface area contributed by atoms with Gasteiger partial charge in [0.05, 0.1) is 18.5 Å². The molecule has 2 amide bonds. The van der Waals surface area contributed by atoms with Crippen LogP contribution in [0.15, 0.2) is 24.3 Å². The van der Waals surface area contributed by atoms with Gasteiger partial charge in [-0.25, -0.2) is 14.8 Å². The summed E-state index contributed by atoms with van der Waals surface area (Å²) in [6.07, 6.45) is 0.664. The standard InChI is InChI=1S/C27H29ClN6O4/c1-26(2,3)38-25(37)34-13-12-33(15-17(34)9-11-29)22-18-8-10-27(21(35)20(18)31-24(28)32-22)14-16-6-4-5-7-19(16)30-23(27)36/h4-7,17H,8-10,12-15H2,1-3H3,(H,30,36)/t17-,27?/m0/s1. The van der Waals surface area contributed by atoms with Gasteiger partial charge in [-0.1, -0.05) is 18.2 Å². The monoisotopic (exact) mass is 536 g/mol. The van der Waals surface area contributed by atoms with Crippen LogP contribution in [0.2, 0.25) is 5.28 Å². The van der Waals surface area contributed by atoms with Crippen molar-refractivity contribution in [3.8, 4) is 6.07 Å². The average Bonchev–Trinajstić information content (AvgIpc) is 2.85. The van der Waals surface area contributed by atoms with E-state index in [4.69, 9.17) is 16.3 Å². The Morgan fingerprint density at radius 1 is 1.26 bits per heavy atom. The lowest BCUT2D eigenvalue weighted by Gasteiger charge is -2.43. The predicted molar refractivity (Wildman–Crippen MR) is 140 cm³/mol. The second-order valence-corrected chi connectivity index (χ2v) is 11.3. The summed E-state index contributed by atoms with van der Waals surface area (Å²) in [7, 11) is 0. The van der Waals surface area contributed by atoms with E-state index in [0.717, 1.165) is 11.3 Å². The molecule has 3 heterocycles. The maximum absolute atomic E-state index is 13.9. The van der Waals surface area contributed by atoms with E-state index in [2.05, 4.69) is 21.4 Å². The minimum atomic E-state index is -1.25. The number of ketones is 1. The van der Waals surface area contributed by atoms with Crippen LogP contribution in [0.25, 0.3) is 0 Å². The van der Waals surface area contributed by atoms with Gasteiger partial charge < -0.3 is 19.9 Å². The molecular formula is C27H29ClN6O4. The minimum Gasteiger partial charge on any atom is -0.444 e. The van der Waals surface area contributed by atoms with Gasteiger partial charge in [0.2, 0.25) is 11.2 Å². The molecule has 2 atom stereocenters.